The van der Waals surface area contributed by atoms with Crippen molar-refractivity contribution in [1.82, 2.24) is 25.3 Å². The number of anilines is 1. The van der Waals surface area contributed by atoms with E-state index < -0.39 is 29.0 Å². The summed E-state index contributed by atoms with van der Waals surface area (Å²) in [6.07, 6.45) is -2.09. The highest BCUT2D eigenvalue weighted by Gasteiger charge is 2.36. The molecule has 0 spiro atoms. The van der Waals surface area contributed by atoms with Crippen molar-refractivity contribution in [3.05, 3.63) is 71.7 Å². The lowest BCUT2D eigenvalue weighted by atomic mass is 10.0. The van der Waals surface area contributed by atoms with Crippen LogP contribution in [0.15, 0.2) is 54.7 Å². The van der Waals surface area contributed by atoms with E-state index in [4.69, 9.17) is 0 Å². The molecule has 12 heteroatoms. The molecular weight excluding hydrogens is 512 g/mol. The number of carbonyl (C=O) groups is 1. The molecule has 194 valence electrons. The summed E-state index contributed by atoms with van der Waals surface area (Å²) in [6.45, 7) is 1.04. The Morgan fingerprint density at radius 3 is 2.38 bits per heavy atom. The van der Waals surface area contributed by atoms with Crippen LogP contribution in [-0.2, 0) is 13.2 Å². The molecular formula is C25H23ClF4N6O. The number of nitrogens with zero attached hydrogens (tertiary/aromatic N) is 5. The van der Waals surface area contributed by atoms with Gasteiger partial charge in [0.15, 0.2) is 5.82 Å². The fourth-order valence-electron chi connectivity index (χ4n) is 4.57. The van der Waals surface area contributed by atoms with Gasteiger partial charge in [-0.3, -0.25) is 9.48 Å². The Morgan fingerprint density at radius 1 is 1.03 bits per heavy atom. The van der Waals surface area contributed by atoms with Gasteiger partial charge in [-0.25, -0.2) is 4.39 Å². The molecule has 2 aromatic heterocycles. The average Bonchev–Trinajstić information content (AvgIpc) is 3.28. The lowest BCUT2D eigenvalue weighted by Crippen LogP contribution is -2.45. The van der Waals surface area contributed by atoms with Gasteiger partial charge in [-0.15, -0.1) is 22.6 Å². The molecule has 1 fully saturated rings. The summed E-state index contributed by atoms with van der Waals surface area (Å²) in [5.74, 6) is -1.14. The fraction of sp³-hybridized carbons (Fsp3) is 0.280. The molecule has 4 aromatic rings. The molecule has 2 aromatic carbocycles. The number of fused-ring (bicyclic) bond motifs is 1. The lowest BCUT2D eigenvalue weighted by molar-refractivity contribution is -0.138. The van der Waals surface area contributed by atoms with Gasteiger partial charge in [0.1, 0.15) is 11.5 Å². The van der Waals surface area contributed by atoms with Crippen LogP contribution in [0.25, 0.3) is 22.2 Å². The highest BCUT2D eigenvalue weighted by Crippen LogP contribution is 2.34. The Kier molecular flexibility index (Phi) is 7.35. The zero-order valence-electron chi connectivity index (χ0n) is 19.7. The van der Waals surface area contributed by atoms with E-state index in [-0.39, 0.29) is 18.4 Å². The van der Waals surface area contributed by atoms with Gasteiger partial charge in [0.2, 0.25) is 0 Å². The second kappa shape index (κ2) is 10.3. The summed E-state index contributed by atoms with van der Waals surface area (Å²) in [5.41, 5.74) is -0.323. The molecule has 0 aliphatic carbocycles. The van der Waals surface area contributed by atoms with E-state index in [0.29, 0.717) is 55.6 Å². The molecule has 1 aliphatic heterocycles. The predicted octanol–water partition coefficient (Wildman–Crippen LogP) is 5.01. The fourth-order valence-corrected chi connectivity index (χ4v) is 4.57. The van der Waals surface area contributed by atoms with Gasteiger partial charge >= 0.3 is 6.18 Å². The molecule has 37 heavy (non-hydrogen) atoms. The van der Waals surface area contributed by atoms with Crippen molar-refractivity contribution >= 4 is 34.9 Å². The van der Waals surface area contributed by atoms with Gasteiger partial charge in [0, 0.05) is 43.1 Å². The van der Waals surface area contributed by atoms with Crippen molar-refractivity contribution < 1.29 is 22.4 Å². The molecule has 0 unspecified atom stereocenters. The Bertz CT molecular complexity index is 1430. The van der Waals surface area contributed by atoms with E-state index in [1.165, 1.54) is 0 Å². The Labute approximate surface area is 215 Å². The van der Waals surface area contributed by atoms with Gasteiger partial charge in [0.25, 0.3) is 5.91 Å². The Morgan fingerprint density at radius 2 is 1.73 bits per heavy atom. The van der Waals surface area contributed by atoms with E-state index in [1.54, 1.807) is 10.9 Å². The van der Waals surface area contributed by atoms with E-state index in [1.807, 2.05) is 42.3 Å². The Hall–Kier alpha value is -3.73. The molecule has 1 saturated heterocycles. The number of benzene rings is 2. The van der Waals surface area contributed by atoms with Crippen LogP contribution in [0.4, 0.5) is 23.4 Å². The zero-order valence-corrected chi connectivity index (χ0v) is 20.5. The first-order valence-corrected chi connectivity index (χ1v) is 11.4. The molecule has 1 amide bonds. The van der Waals surface area contributed by atoms with Crippen LogP contribution in [0.3, 0.4) is 0 Å². The summed E-state index contributed by atoms with van der Waals surface area (Å²) in [5, 5.41) is 17.7. The second-order valence-electron chi connectivity index (χ2n) is 8.68. The van der Waals surface area contributed by atoms with Gasteiger partial charge < -0.3 is 10.2 Å². The number of hydrogen-bond donors (Lipinski definition) is 1. The van der Waals surface area contributed by atoms with Gasteiger partial charge in [0.05, 0.1) is 16.8 Å². The number of aromatic nitrogens is 4. The molecule has 5 rings (SSSR count). The summed E-state index contributed by atoms with van der Waals surface area (Å²) < 4.78 is 55.2. The SMILES string of the molecule is Cl.Cn1nccc1-c1nnc(N2CCC(NC(=O)c3cc(F)ccc3C(F)(F)F)CC2)c2ccccc12. The quantitative estimate of drug-likeness (QED) is 0.373. The zero-order chi connectivity index (χ0) is 25.4. The molecule has 1 aliphatic rings. The van der Waals surface area contributed by atoms with Crippen molar-refractivity contribution in [3.63, 3.8) is 0 Å². The van der Waals surface area contributed by atoms with Crippen LogP contribution in [0, 0.1) is 5.82 Å². The van der Waals surface area contributed by atoms with Crippen molar-refractivity contribution in [2.24, 2.45) is 7.05 Å². The Balaban J connectivity index is 0.00000320. The maximum absolute atomic E-state index is 13.6. The monoisotopic (exact) mass is 534 g/mol. The standard InChI is InChI=1S/C25H22F4N6O.ClH/c1-34-21(8-11-30-34)22-17-4-2-3-5-18(17)23(33-32-22)35-12-9-16(10-13-35)31-24(36)19-14-15(26)6-7-20(19)25(27,28)29;/h2-8,11,14,16H,9-10,12-13H2,1H3,(H,31,36);1H. The molecule has 3 heterocycles. The normalized spacial score (nSPS) is 14.5. The van der Waals surface area contributed by atoms with Crippen molar-refractivity contribution in [1.29, 1.82) is 0 Å². The number of halogens is 5. The van der Waals surface area contributed by atoms with E-state index in [2.05, 4.69) is 20.6 Å². The van der Waals surface area contributed by atoms with Crippen LogP contribution < -0.4 is 10.2 Å². The maximum Gasteiger partial charge on any atom is 0.417 e. The van der Waals surface area contributed by atoms with Gasteiger partial charge in [-0.05, 0) is 37.1 Å². The minimum absolute atomic E-state index is 0. The first kappa shape index (κ1) is 26.3. The van der Waals surface area contributed by atoms with Crippen LogP contribution >= 0.6 is 12.4 Å². The summed E-state index contributed by atoms with van der Waals surface area (Å²) in [6, 6.07) is 11.2. The molecule has 1 N–H and O–H groups in total. The number of nitrogens with one attached hydrogen (secondary N) is 1. The second-order valence-corrected chi connectivity index (χ2v) is 8.68. The lowest BCUT2D eigenvalue weighted by Gasteiger charge is -2.33. The predicted molar refractivity (Wildman–Crippen MR) is 133 cm³/mol. The highest BCUT2D eigenvalue weighted by atomic mass is 35.5. The molecule has 0 saturated carbocycles. The van der Waals surface area contributed by atoms with Crippen LogP contribution in [0.2, 0.25) is 0 Å². The first-order valence-electron chi connectivity index (χ1n) is 11.4. The minimum atomic E-state index is -4.76. The summed E-state index contributed by atoms with van der Waals surface area (Å²) >= 11 is 0. The minimum Gasteiger partial charge on any atom is -0.354 e. The van der Waals surface area contributed by atoms with E-state index in [0.717, 1.165) is 16.5 Å². The van der Waals surface area contributed by atoms with Crippen molar-refractivity contribution in [2.45, 2.75) is 25.1 Å². The number of hydrogen-bond acceptors (Lipinski definition) is 5. The number of amides is 1. The van der Waals surface area contributed by atoms with E-state index in [9.17, 15) is 22.4 Å². The number of alkyl halides is 3. The smallest absolute Gasteiger partial charge is 0.354 e. The highest BCUT2D eigenvalue weighted by molar-refractivity contribution is 6.00. The maximum atomic E-state index is 13.6. The van der Waals surface area contributed by atoms with Gasteiger partial charge in [-0.2, -0.15) is 18.3 Å². The number of piperidine rings is 1. The third-order valence-corrected chi connectivity index (χ3v) is 6.39. The third-order valence-electron chi connectivity index (χ3n) is 6.39. The summed E-state index contributed by atoms with van der Waals surface area (Å²) in [4.78, 5) is 14.7. The van der Waals surface area contributed by atoms with Crippen LogP contribution in [-0.4, -0.2) is 45.0 Å². The third kappa shape index (κ3) is 5.22. The molecule has 7 nitrogen and oxygen atoms in total. The molecule has 0 radical (unpaired) electrons. The van der Waals surface area contributed by atoms with Gasteiger partial charge in [-0.1, -0.05) is 24.3 Å². The number of rotatable bonds is 4. The van der Waals surface area contributed by atoms with Crippen LogP contribution in [0.1, 0.15) is 28.8 Å². The van der Waals surface area contributed by atoms with Crippen molar-refractivity contribution in [3.8, 4) is 11.4 Å². The topological polar surface area (TPSA) is 75.9 Å². The number of carbonyl (C=O) groups excluding carboxylic acids is 1. The van der Waals surface area contributed by atoms with E-state index >= 15 is 0 Å². The molecule has 0 bridgehead atoms. The molecule has 0 atom stereocenters. The largest absolute Gasteiger partial charge is 0.417 e. The number of aryl methyl sites for hydroxylation is 1. The van der Waals surface area contributed by atoms with Crippen molar-refractivity contribution in [2.75, 3.05) is 18.0 Å². The average molecular weight is 535 g/mol. The van der Waals surface area contributed by atoms with Crippen LogP contribution in [0.5, 0.6) is 0 Å². The summed E-state index contributed by atoms with van der Waals surface area (Å²) in [7, 11) is 1.83. The first-order chi connectivity index (χ1) is 17.2.